The predicted octanol–water partition coefficient (Wildman–Crippen LogP) is 20.7. The van der Waals surface area contributed by atoms with Crippen LogP contribution in [0.2, 0.25) is 0 Å². The van der Waals surface area contributed by atoms with E-state index in [1.165, 1.54) is 166 Å². The van der Waals surface area contributed by atoms with Gasteiger partial charge in [-0.05, 0) is 174 Å². The minimum Gasteiger partial charge on any atom is -0.407 e. The van der Waals surface area contributed by atoms with Crippen LogP contribution in [0, 0.1) is 19.3 Å². The van der Waals surface area contributed by atoms with E-state index in [2.05, 4.69) is 175 Å². The molecule has 0 unspecified atom stereocenters. The van der Waals surface area contributed by atoms with Crippen molar-refractivity contribution in [1.29, 1.82) is 0 Å². The van der Waals surface area contributed by atoms with Gasteiger partial charge in [0.05, 0.1) is 33.8 Å². The van der Waals surface area contributed by atoms with Crippen molar-refractivity contribution < 1.29 is 9.31 Å². The Morgan fingerprint density at radius 2 is 0.887 bits per heavy atom. The molecule has 3 aliphatic heterocycles. The summed E-state index contributed by atoms with van der Waals surface area (Å²) in [5.41, 5.74) is 28.2. The molecule has 1 fully saturated rings. The third-order valence-corrected chi connectivity index (χ3v) is 17.9. The topological polar surface area (TPSA) is 75.8 Å². The van der Waals surface area contributed by atoms with Gasteiger partial charge in [-0.25, -0.2) is 9.97 Å². The molecular formula is C73H103BN4O2. The minimum atomic E-state index is -0.389. The van der Waals surface area contributed by atoms with Crippen LogP contribution in [-0.4, -0.2) is 40.3 Å². The molecule has 1 saturated heterocycles. The van der Waals surface area contributed by atoms with E-state index in [-0.39, 0.29) is 23.4 Å². The van der Waals surface area contributed by atoms with Gasteiger partial charge in [0.25, 0.3) is 0 Å². The minimum absolute atomic E-state index is 0.00886. The fourth-order valence-corrected chi connectivity index (χ4v) is 12.6. The Hall–Kier alpha value is -4.98. The summed E-state index contributed by atoms with van der Waals surface area (Å²) < 4.78 is 12.7. The highest BCUT2D eigenvalue weighted by Crippen LogP contribution is 2.46. The predicted molar refractivity (Wildman–Crippen MR) is 348 cm³/mol. The summed E-state index contributed by atoms with van der Waals surface area (Å²) in [6, 6.07) is 21.4. The lowest BCUT2D eigenvalue weighted by Crippen LogP contribution is -2.47. The Bertz CT molecular complexity index is 3020. The van der Waals surface area contributed by atoms with Crippen LogP contribution >= 0.6 is 0 Å². The molecule has 6 nitrogen and oxygen atoms in total. The maximum absolute atomic E-state index is 6.36. The molecule has 0 saturated carbocycles. The molecule has 6 heterocycles. The normalized spacial score (nSPS) is 15.0. The van der Waals surface area contributed by atoms with E-state index in [1.54, 1.807) is 0 Å². The molecule has 430 valence electrons. The van der Waals surface area contributed by atoms with Crippen molar-refractivity contribution in [1.82, 2.24) is 19.9 Å². The summed E-state index contributed by atoms with van der Waals surface area (Å²) in [6.45, 7) is 38.8. The highest BCUT2D eigenvalue weighted by atomic mass is 16.6. The van der Waals surface area contributed by atoms with E-state index in [4.69, 9.17) is 19.3 Å². The molecule has 3 aromatic heterocycles. The number of allylic oxidation sites excluding steroid dienone is 4. The summed E-state index contributed by atoms with van der Waals surface area (Å²) in [7, 11) is -0.389. The third-order valence-electron chi connectivity index (χ3n) is 17.9. The summed E-state index contributed by atoms with van der Waals surface area (Å²) in [5, 5.41) is 0. The molecule has 8 rings (SSSR count). The van der Waals surface area contributed by atoms with Gasteiger partial charge >= 0.3 is 7.12 Å². The van der Waals surface area contributed by atoms with Crippen LogP contribution in [-0.2, 0) is 33.0 Å². The van der Waals surface area contributed by atoms with Crippen LogP contribution in [0.4, 0.5) is 0 Å². The van der Waals surface area contributed by atoms with Crippen LogP contribution in [0.5, 0.6) is 0 Å². The number of aryl methyl sites for hydroxylation is 4. The van der Waals surface area contributed by atoms with Crippen LogP contribution < -0.4 is 5.46 Å². The molecule has 0 radical (unpaired) electrons. The average Bonchev–Trinajstić information content (AvgIpc) is 4.21. The van der Waals surface area contributed by atoms with Crippen LogP contribution in [0.15, 0.2) is 54.6 Å². The number of fused-ring (bicyclic) bond motifs is 8. The monoisotopic (exact) mass is 1080 g/mol. The van der Waals surface area contributed by atoms with Gasteiger partial charge in [0, 0.05) is 40.8 Å². The van der Waals surface area contributed by atoms with Crippen molar-refractivity contribution in [3.63, 3.8) is 0 Å². The second kappa shape index (κ2) is 26.5. The number of nitrogens with zero attached hydrogens (tertiary/aromatic N) is 2. The van der Waals surface area contributed by atoms with Gasteiger partial charge in [0.1, 0.15) is 0 Å². The maximum Gasteiger partial charge on any atom is 0.493 e. The average molecular weight is 1080 g/mol. The molecule has 0 spiro atoms. The Morgan fingerprint density at radius 1 is 0.487 bits per heavy atom. The van der Waals surface area contributed by atoms with E-state index in [0.717, 1.165) is 90.7 Å². The van der Waals surface area contributed by atoms with Crippen molar-refractivity contribution in [3.05, 3.63) is 111 Å². The number of hydrogen-bond donors (Lipinski definition) is 2. The van der Waals surface area contributed by atoms with Gasteiger partial charge in [-0.3, -0.25) is 0 Å². The Kier molecular flexibility index (Phi) is 20.2. The fourth-order valence-electron chi connectivity index (χ4n) is 12.6. The molecule has 5 aromatic rings. The van der Waals surface area contributed by atoms with E-state index >= 15 is 0 Å². The van der Waals surface area contributed by atoms with Crippen molar-refractivity contribution in [2.75, 3.05) is 13.2 Å². The Labute approximate surface area is 485 Å². The lowest BCUT2D eigenvalue weighted by atomic mass is 9.75. The number of benzene rings is 2. The lowest BCUT2D eigenvalue weighted by molar-refractivity contribution is 0.0343. The zero-order valence-electron chi connectivity index (χ0n) is 53.0. The first-order valence-corrected chi connectivity index (χ1v) is 31.9. The molecule has 3 aliphatic rings. The molecule has 7 heteroatoms. The smallest absolute Gasteiger partial charge is 0.407 e. The van der Waals surface area contributed by atoms with Gasteiger partial charge in [0.2, 0.25) is 0 Å². The van der Waals surface area contributed by atoms with Crippen LogP contribution in [0.3, 0.4) is 0 Å². The molecule has 0 amide bonds. The molecule has 0 aliphatic carbocycles. The molecular weight excluding hydrogens is 976 g/mol. The zero-order valence-corrected chi connectivity index (χ0v) is 53.0. The summed E-state index contributed by atoms with van der Waals surface area (Å²) >= 11 is 0. The molecule has 80 heavy (non-hydrogen) atoms. The van der Waals surface area contributed by atoms with Crippen molar-refractivity contribution in [2.24, 2.45) is 5.41 Å². The van der Waals surface area contributed by atoms with Crippen LogP contribution in [0.1, 0.15) is 269 Å². The molecule has 8 bridgehead atoms. The van der Waals surface area contributed by atoms with Gasteiger partial charge in [-0.15, -0.1) is 0 Å². The Balaban J connectivity index is 1.56. The van der Waals surface area contributed by atoms with Gasteiger partial charge in [-0.2, -0.15) is 0 Å². The van der Waals surface area contributed by atoms with E-state index in [9.17, 15) is 0 Å². The molecule has 0 atom stereocenters. The second-order valence-corrected chi connectivity index (χ2v) is 27.3. The quantitative estimate of drug-likeness (QED) is 0.0505. The number of aromatic nitrogens is 4. The molecule has 2 aromatic carbocycles. The maximum atomic E-state index is 6.36. The number of rotatable bonds is 23. The fraction of sp³-hybridized carbons (Fsp3) is 0.562. The summed E-state index contributed by atoms with van der Waals surface area (Å²) in [4.78, 5) is 20.5. The Morgan fingerprint density at radius 3 is 1.27 bits per heavy atom. The second-order valence-electron chi connectivity index (χ2n) is 27.3. The number of unbranched alkanes of at least 4 members (excludes halogenated alkanes) is 12. The number of hydrogen-bond acceptors (Lipinski definition) is 4. The summed E-state index contributed by atoms with van der Waals surface area (Å²) in [5.74, 6) is 0. The number of aromatic amines is 2. The van der Waals surface area contributed by atoms with Crippen molar-refractivity contribution in [3.8, 4) is 22.3 Å². The number of nitrogens with one attached hydrogen (secondary N) is 2. The number of H-pyrrole nitrogens is 2. The molecule has 2 N–H and O–H groups in total. The largest absolute Gasteiger partial charge is 0.493 e. The van der Waals surface area contributed by atoms with E-state index < -0.39 is 0 Å². The first kappa shape index (κ1) is 61.1. The van der Waals surface area contributed by atoms with E-state index in [0.29, 0.717) is 13.2 Å². The van der Waals surface area contributed by atoms with E-state index in [1.807, 2.05) is 0 Å². The summed E-state index contributed by atoms with van der Waals surface area (Å²) in [6.07, 6.45) is 23.2. The first-order valence-electron chi connectivity index (χ1n) is 31.9. The highest BCUT2D eigenvalue weighted by molar-refractivity contribution is 6.61. The van der Waals surface area contributed by atoms with Crippen molar-refractivity contribution >= 4 is 56.9 Å². The van der Waals surface area contributed by atoms with Crippen LogP contribution in [0.25, 0.3) is 66.6 Å². The first-order chi connectivity index (χ1) is 38.2. The highest BCUT2D eigenvalue weighted by Gasteiger charge is 2.34. The van der Waals surface area contributed by atoms with Gasteiger partial charge in [0.15, 0.2) is 0 Å². The lowest BCUT2D eigenvalue weighted by Gasteiger charge is -2.33. The van der Waals surface area contributed by atoms with Gasteiger partial charge in [-0.1, -0.05) is 203 Å². The standard InChI is InChI=1S/C73H103BN4O2/c1-17-21-25-29-33-57-48(5)67-65(52-37-39-56(40-38-52)74-79-46-73(15,16)47-80-74)68-49(6)58(34-30-26-22-18-2)62(76-68)45-64-60(36-32-28-24-20-4)51(8)70(78-64)66(53-41-54(71(9,10)11)43-55(42-53)72(12,13)14)69-50(7)59(35-31-27-23-19-3)63(77-69)44-61(57)75-67/h37-45,77-78H,17-36,46-47H2,1-16H3. The third kappa shape index (κ3) is 13.9. The van der Waals surface area contributed by atoms with Crippen molar-refractivity contribution in [2.45, 2.75) is 250 Å². The zero-order chi connectivity index (χ0) is 57.5. The van der Waals surface area contributed by atoms with Gasteiger partial charge < -0.3 is 19.3 Å². The SMILES string of the molecule is CCCCCCC1=C(C)c2nc1cc1[nH]c(c(C)c1CCCCCC)c(-c1cc(C(C)(C)C)cc(C(C)(C)C)c1)c1[nH]c(cc3nc(c2-c2ccc(B4OCC(C)(C)CO4)cc2)C(C)=C3CCCCCC)c(CCCCCC)c1C.